The Morgan fingerprint density at radius 2 is 1.94 bits per heavy atom. The number of thiophene rings is 1. The molecule has 1 aliphatic heterocycles. The molecule has 0 saturated heterocycles. The fraction of sp³-hybridized carbons (Fsp3) is 0.308. The van der Waals surface area contributed by atoms with Crippen LogP contribution in [-0.4, -0.2) is 41.2 Å². The zero-order chi connectivity index (χ0) is 23.5. The van der Waals surface area contributed by atoms with Gasteiger partial charge >= 0.3 is 0 Å². The third kappa shape index (κ3) is 5.28. The summed E-state index contributed by atoms with van der Waals surface area (Å²) in [6.07, 6.45) is 0.767. The van der Waals surface area contributed by atoms with Crippen LogP contribution < -0.4 is 0 Å². The van der Waals surface area contributed by atoms with Gasteiger partial charge in [-0.1, -0.05) is 43.6 Å². The minimum atomic E-state index is -0.312. The van der Waals surface area contributed by atoms with Gasteiger partial charge in [-0.3, -0.25) is 9.59 Å². The van der Waals surface area contributed by atoms with E-state index in [1.54, 1.807) is 52.6 Å². The number of hydrogen-bond acceptors (Lipinski definition) is 3. The monoisotopic (exact) mass is 484 g/mol. The molecule has 1 aromatic heterocycles. The highest BCUT2D eigenvalue weighted by atomic mass is 35.5. The summed E-state index contributed by atoms with van der Waals surface area (Å²) in [5.74, 6) is -0.463. The number of amides is 2. The van der Waals surface area contributed by atoms with Gasteiger partial charge < -0.3 is 9.80 Å². The SMILES string of the molecule is CC(C)CN(CC(=O)N1CCc2sccc2C1c1ccc(F)cc1)C(=O)c1cccc(Cl)c1. The first-order chi connectivity index (χ1) is 15.8. The Kier molecular flexibility index (Phi) is 7.15. The fourth-order valence-corrected chi connectivity index (χ4v) is 5.40. The summed E-state index contributed by atoms with van der Waals surface area (Å²) in [5, 5.41) is 2.51. The first kappa shape index (κ1) is 23.5. The molecule has 33 heavy (non-hydrogen) atoms. The van der Waals surface area contributed by atoms with Crippen LogP contribution in [-0.2, 0) is 11.2 Å². The van der Waals surface area contributed by atoms with Crippen LogP contribution in [0, 0.1) is 11.7 Å². The van der Waals surface area contributed by atoms with Crippen molar-refractivity contribution in [3.63, 3.8) is 0 Å². The maximum atomic E-state index is 13.6. The van der Waals surface area contributed by atoms with Crippen LogP contribution in [0.4, 0.5) is 4.39 Å². The molecule has 2 aromatic carbocycles. The molecule has 7 heteroatoms. The highest BCUT2D eigenvalue weighted by molar-refractivity contribution is 7.10. The van der Waals surface area contributed by atoms with Gasteiger partial charge in [0, 0.05) is 28.6 Å². The quantitative estimate of drug-likeness (QED) is 0.442. The maximum Gasteiger partial charge on any atom is 0.254 e. The molecule has 2 heterocycles. The van der Waals surface area contributed by atoms with E-state index in [2.05, 4.69) is 0 Å². The van der Waals surface area contributed by atoms with Crippen LogP contribution in [0.5, 0.6) is 0 Å². The third-order valence-corrected chi connectivity index (χ3v) is 6.97. The normalized spacial score (nSPS) is 15.4. The summed E-state index contributed by atoms with van der Waals surface area (Å²) in [5.41, 5.74) is 2.40. The van der Waals surface area contributed by atoms with Crippen LogP contribution >= 0.6 is 22.9 Å². The molecule has 0 N–H and O–H groups in total. The standard InChI is InChI=1S/C26H26ClFN2O2S/c1-17(2)15-29(26(32)19-4-3-5-20(27)14-19)16-24(31)30-12-10-23-22(11-13-33-23)25(30)18-6-8-21(28)9-7-18/h3-9,11,13-14,17,25H,10,12,15-16H2,1-2H3. The van der Waals surface area contributed by atoms with Gasteiger partial charge in [0.25, 0.3) is 5.91 Å². The van der Waals surface area contributed by atoms with Crippen LogP contribution in [0.1, 0.15) is 46.3 Å². The van der Waals surface area contributed by atoms with Gasteiger partial charge in [0.2, 0.25) is 5.91 Å². The maximum absolute atomic E-state index is 13.6. The Morgan fingerprint density at radius 1 is 1.18 bits per heavy atom. The van der Waals surface area contributed by atoms with Gasteiger partial charge in [0.05, 0.1) is 6.04 Å². The van der Waals surface area contributed by atoms with Crippen molar-refractivity contribution in [2.24, 2.45) is 5.92 Å². The topological polar surface area (TPSA) is 40.6 Å². The van der Waals surface area contributed by atoms with Crippen LogP contribution in [0.25, 0.3) is 0 Å². The van der Waals surface area contributed by atoms with E-state index in [4.69, 9.17) is 11.6 Å². The van der Waals surface area contributed by atoms with E-state index in [1.165, 1.54) is 17.0 Å². The van der Waals surface area contributed by atoms with Crippen molar-refractivity contribution in [3.05, 3.63) is 92.4 Å². The molecule has 0 radical (unpaired) electrons. The van der Waals surface area contributed by atoms with E-state index in [0.29, 0.717) is 23.7 Å². The number of halogens is 2. The lowest BCUT2D eigenvalue weighted by Crippen LogP contribution is -2.47. The number of benzene rings is 2. The first-order valence-corrected chi connectivity index (χ1v) is 12.2. The molecule has 3 aromatic rings. The third-order valence-electron chi connectivity index (χ3n) is 5.74. The second kappa shape index (κ2) is 10.1. The summed E-state index contributed by atoms with van der Waals surface area (Å²) in [4.78, 5) is 31.5. The minimum Gasteiger partial charge on any atom is -0.330 e. The van der Waals surface area contributed by atoms with Gasteiger partial charge in [-0.05, 0) is 65.2 Å². The Balaban J connectivity index is 1.62. The molecule has 0 bridgehead atoms. The number of carbonyl (C=O) groups is 2. The second-order valence-electron chi connectivity index (χ2n) is 8.68. The molecule has 0 saturated carbocycles. The fourth-order valence-electron chi connectivity index (χ4n) is 4.31. The lowest BCUT2D eigenvalue weighted by atomic mass is 9.93. The van der Waals surface area contributed by atoms with Crippen molar-refractivity contribution in [1.29, 1.82) is 0 Å². The summed E-state index contributed by atoms with van der Waals surface area (Å²) in [7, 11) is 0. The average Bonchev–Trinajstić information content (AvgIpc) is 3.27. The van der Waals surface area contributed by atoms with E-state index in [1.807, 2.05) is 30.2 Å². The lowest BCUT2D eigenvalue weighted by Gasteiger charge is -2.38. The lowest BCUT2D eigenvalue weighted by molar-refractivity contribution is -0.134. The zero-order valence-electron chi connectivity index (χ0n) is 18.6. The summed E-state index contributed by atoms with van der Waals surface area (Å²) in [6.45, 7) is 5.01. The zero-order valence-corrected chi connectivity index (χ0v) is 20.2. The Labute approximate surface area is 202 Å². The van der Waals surface area contributed by atoms with Gasteiger partial charge in [0.15, 0.2) is 0 Å². The van der Waals surface area contributed by atoms with E-state index >= 15 is 0 Å². The minimum absolute atomic E-state index is 0.0271. The van der Waals surface area contributed by atoms with E-state index < -0.39 is 0 Å². The van der Waals surface area contributed by atoms with E-state index in [9.17, 15) is 14.0 Å². The number of rotatable bonds is 6. The second-order valence-corrected chi connectivity index (χ2v) is 10.1. The van der Waals surface area contributed by atoms with E-state index in [-0.39, 0.29) is 36.1 Å². The molecule has 1 aliphatic rings. The number of nitrogens with zero attached hydrogens (tertiary/aromatic N) is 2. The van der Waals surface area contributed by atoms with Gasteiger partial charge in [0.1, 0.15) is 12.4 Å². The molecule has 172 valence electrons. The Hall–Kier alpha value is -2.70. The molecular formula is C26H26ClFN2O2S. The number of carbonyl (C=O) groups excluding carboxylic acids is 2. The highest BCUT2D eigenvalue weighted by Gasteiger charge is 2.34. The van der Waals surface area contributed by atoms with Crippen LogP contribution in [0.3, 0.4) is 0 Å². The van der Waals surface area contributed by atoms with Crippen molar-refractivity contribution in [2.75, 3.05) is 19.6 Å². The predicted molar refractivity (Wildman–Crippen MR) is 130 cm³/mol. The Morgan fingerprint density at radius 3 is 2.64 bits per heavy atom. The average molecular weight is 485 g/mol. The number of fused-ring (bicyclic) bond motifs is 1. The van der Waals surface area contributed by atoms with E-state index in [0.717, 1.165) is 17.5 Å². The van der Waals surface area contributed by atoms with Gasteiger partial charge in [-0.2, -0.15) is 0 Å². The van der Waals surface area contributed by atoms with Gasteiger partial charge in [-0.15, -0.1) is 11.3 Å². The van der Waals surface area contributed by atoms with Crippen molar-refractivity contribution < 1.29 is 14.0 Å². The molecule has 0 aliphatic carbocycles. The van der Waals surface area contributed by atoms with Crippen molar-refractivity contribution >= 4 is 34.8 Å². The molecule has 0 fully saturated rings. The summed E-state index contributed by atoms with van der Waals surface area (Å²) < 4.78 is 13.6. The predicted octanol–water partition coefficient (Wildman–Crippen LogP) is 5.81. The molecule has 4 nitrogen and oxygen atoms in total. The van der Waals surface area contributed by atoms with Crippen LogP contribution in [0.15, 0.2) is 60.0 Å². The summed E-state index contributed by atoms with van der Waals surface area (Å²) in [6, 6.07) is 14.8. The smallest absolute Gasteiger partial charge is 0.254 e. The molecule has 2 amide bonds. The van der Waals surface area contributed by atoms with Crippen molar-refractivity contribution in [3.8, 4) is 0 Å². The van der Waals surface area contributed by atoms with Crippen LogP contribution in [0.2, 0.25) is 5.02 Å². The molecule has 4 rings (SSSR count). The highest BCUT2D eigenvalue weighted by Crippen LogP contribution is 2.38. The molecular weight excluding hydrogens is 459 g/mol. The molecule has 1 unspecified atom stereocenters. The largest absolute Gasteiger partial charge is 0.330 e. The van der Waals surface area contributed by atoms with Gasteiger partial charge in [-0.25, -0.2) is 4.39 Å². The first-order valence-electron chi connectivity index (χ1n) is 11.0. The molecule has 0 spiro atoms. The van der Waals surface area contributed by atoms with Crippen molar-refractivity contribution in [1.82, 2.24) is 9.80 Å². The number of hydrogen-bond donors (Lipinski definition) is 0. The molecule has 1 atom stereocenters. The summed E-state index contributed by atoms with van der Waals surface area (Å²) >= 11 is 7.77. The van der Waals surface area contributed by atoms with Crippen molar-refractivity contribution in [2.45, 2.75) is 26.3 Å². The Bertz CT molecular complexity index is 1150.